The maximum atomic E-state index is 12.5. The van der Waals surface area contributed by atoms with E-state index in [2.05, 4.69) is 39.5 Å². The van der Waals surface area contributed by atoms with Crippen molar-refractivity contribution in [2.45, 2.75) is 65.9 Å². The number of hydrogen-bond acceptors (Lipinski definition) is 5. The molecular formula is C35H41NO4. The lowest BCUT2D eigenvalue weighted by atomic mass is 9.92. The Bertz CT molecular complexity index is 1350. The molecule has 0 amide bonds. The molecule has 1 aliphatic heterocycles. The van der Waals surface area contributed by atoms with Crippen molar-refractivity contribution in [1.29, 1.82) is 5.26 Å². The summed E-state index contributed by atoms with van der Waals surface area (Å²) in [6.07, 6.45) is 9.97. The summed E-state index contributed by atoms with van der Waals surface area (Å²) in [6.45, 7) is 13.5. The van der Waals surface area contributed by atoms with E-state index in [0.717, 1.165) is 59.1 Å². The topological polar surface area (TPSA) is 68.6 Å². The number of carbonyl (C=O) groups excluding carboxylic acids is 1. The van der Waals surface area contributed by atoms with E-state index in [0.29, 0.717) is 42.3 Å². The molecule has 1 aliphatic rings. The highest BCUT2D eigenvalue weighted by Crippen LogP contribution is 2.33. The quantitative estimate of drug-likeness (QED) is 0.200. The Balaban J connectivity index is 1.91. The van der Waals surface area contributed by atoms with E-state index in [9.17, 15) is 10.1 Å². The first kappa shape index (κ1) is 30.7. The molecule has 0 spiro atoms. The van der Waals surface area contributed by atoms with Crippen molar-refractivity contribution in [2.75, 3.05) is 20.3 Å². The number of carbonyl (C=O) groups is 1. The molecule has 0 atom stereocenters. The van der Waals surface area contributed by atoms with Crippen molar-refractivity contribution in [3.8, 4) is 17.6 Å². The number of Topliss-reactive ketones (excluding diaryl/α,β-unsaturated/α-hetero) is 1. The lowest BCUT2D eigenvalue weighted by Gasteiger charge is -2.24. The van der Waals surface area contributed by atoms with Crippen LogP contribution in [0.15, 0.2) is 72.4 Å². The summed E-state index contributed by atoms with van der Waals surface area (Å²) < 4.78 is 17.2. The second-order valence-electron chi connectivity index (χ2n) is 10.1. The Morgan fingerprint density at radius 1 is 1.10 bits per heavy atom. The lowest BCUT2D eigenvalue weighted by molar-refractivity contribution is 0.0254. The van der Waals surface area contributed by atoms with Crippen molar-refractivity contribution in [2.24, 2.45) is 0 Å². The fraction of sp³-hybridized carbons (Fsp3) is 0.371. The van der Waals surface area contributed by atoms with Crippen LogP contribution in [0.2, 0.25) is 0 Å². The van der Waals surface area contributed by atoms with Crippen molar-refractivity contribution in [1.82, 2.24) is 0 Å². The van der Waals surface area contributed by atoms with Gasteiger partial charge < -0.3 is 14.2 Å². The van der Waals surface area contributed by atoms with Crippen LogP contribution in [0.5, 0.6) is 11.5 Å². The number of hydrogen-bond donors (Lipinski definition) is 0. The Labute approximate surface area is 239 Å². The Morgan fingerprint density at radius 2 is 1.82 bits per heavy atom. The minimum absolute atomic E-state index is 0.0624. The Kier molecular flexibility index (Phi) is 11.5. The monoisotopic (exact) mass is 539 g/mol. The molecule has 3 rings (SSSR count). The minimum Gasteiger partial charge on any atom is -0.496 e. The number of allylic oxidation sites excluding steroid dienone is 7. The highest BCUT2D eigenvalue weighted by atomic mass is 16.5. The van der Waals surface area contributed by atoms with Crippen LogP contribution in [0.1, 0.15) is 86.8 Å². The molecule has 40 heavy (non-hydrogen) atoms. The second-order valence-corrected chi connectivity index (χ2v) is 10.1. The number of ketones is 1. The van der Waals surface area contributed by atoms with Gasteiger partial charge in [-0.2, -0.15) is 5.26 Å². The predicted octanol–water partition coefficient (Wildman–Crippen LogP) is 8.51. The molecule has 1 saturated heterocycles. The molecule has 0 saturated carbocycles. The highest BCUT2D eigenvalue weighted by molar-refractivity contribution is 5.97. The molecule has 1 fully saturated rings. The molecule has 2 aromatic carbocycles. The summed E-state index contributed by atoms with van der Waals surface area (Å²) in [7, 11) is 1.63. The third kappa shape index (κ3) is 7.83. The zero-order valence-corrected chi connectivity index (χ0v) is 24.5. The van der Waals surface area contributed by atoms with Crippen LogP contribution < -0.4 is 9.47 Å². The summed E-state index contributed by atoms with van der Waals surface area (Å²) in [5, 5.41) is 9.87. The average Bonchev–Trinajstić information content (AvgIpc) is 2.98. The SMILES string of the molecule is C=C\C=C(/C(C)=C(C)/C=C(\C)c1ccc(C(=O)CCCC)cc1OC)c1ccc(OC2CCOCC2)c(C#N)c1. The zero-order valence-electron chi connectivity index (χ0n) is 24.5. The van der Waals surface area contributed by atoms with Crippen LogP contribution in [-0.2, 0) is 4.74 Å². The zero-order chi connectivity index (χ0) is 29.1. The maximum absolute atomic E-state index is 12.5. The Morgan fingerprint density at radius 3 is 2.48 bits per heavy atom. The van der Waals surface area contributed by atoms with Gasteiger partial charge in [0.05, 0.1) is 25.9 Å². The van der Waals surface area contributed by atoms with Crippen molar-refractivity contribution >= 4 is 16.9 Å². The van der Waals surface area contributed by atoms with Gasteiger partial charge in [-0.1, -0.05) is 56.4 Å². The van der Waals surface area contributed by atoms with E-state index in [4.69, 9.17) is 14.2 Å². The van der Waals surface area contributed by atoms with E-state index in [1.807, 2.05) is 49.4 Å². The van der Waals surface area contributed by atoms with Gasteiger partial charge >= 0.3 is 0 Å². The number of rotatable bonds is 12. The van der Waals surface area contributed by atoms with Crippen molar-refractivity contribution < 1.29 is 19.0 Å². The van der Waals surface area contributed by atoms with Crippen LogP contribution in [0.3, 0.4) is 0 Å². The van der Waals surface area contributed by atoms with Crippen molar-refractivity contribution in [3.05, 3.63) is 94.6 Å². The standard InChI is InChI=1S/C35H41NO4/c1-7-9-11-33(37)28-12-14-31(35(22-28)38-6)25(4)20-24(3)26(5)32(10-8-2)27-13-15-34(29(21-27)23-36)40-30-16-18-39-19-17-30/h8,10,12-15,20-22,30H,2,7,9,11,16-19H2,1,3-6H3/b25-20+,26-24+,32-10+. The number of benzene rings is 2. The van der Waals surface area contributed by atoms with Crippen LogP contribution in [0, 0.1) is 11.3 Å². The molecule has 0 radical (unpaired) electrons. The van der Waals surface area contributed by atoms with Crippen LogP contribution in [-0.4, -0.2) is 32.2 Å². The number of methoxy groups -OCH3 is 1. The van der Waals surface area contributed by atoms with Gasteiger partial charge in [-0.05, 0) is 73.2 Å². The maximum Gasteiger partial charge on any atom is 0.163 e. The van der Waals surface area contributed by atoms with Crippen molar-refractivity contribution in [3.63, 3.8) is 0 Å². The van der Waals surface area contributed by atoms with E-state index in [1.165, 1.54) is 0 Å². The van der Waals surface area contributed by atoms with E-state index in [-0.39, 0.29) is 11.9 Å². The van der Waals surface area contributed by atoms with E-state index >= 15 is 0 Å². The minimum atomic E-state index is 0.0624. The first-order valence-electron chi connectivity index (χ1n) is 14.0. The summed E-state index contributed by atoms with van der Waals surface area (Å²) in [5.41, 5.74) is 7.19. The fourth-order valence-electron chi connectivity index (χ4n) is 4.81. The third-order valence-corrected chi connectivity index (χ3v) is 7.29. The summed E-state index contributed by atoms with van der Waals surface area (Å²) in [4.78, 5) is 12.5. The summed E-state index contributed by atoms with van der Waals surface area (Å²) in [5.74, 6) is 1.43. The molecular weight excluding hydrogens is 498 g/mol. The van der Waals surface area contributed by atoms with Gasteiger partial charge in [-0.25, -0.2) is 0 Å². The molecule has 0 unspecified atom stereocenters. The van der Waals surface area contributed by atoms with Crippen LogP contribution in [0.25, 0.3) is 11.1 Å². The summed E-state index contributed by atoms with van der Waals surface area (Å²) >= 11 is 0. The molecule has 0 aromatic heterocycles. The van der Waals surface area contributed by atoms with Gasteiger partial charge in [-0.15, -0.1) is 0 Å². The van der Waals surface area contributed by atoms with Gasteiger partial charge in [0.15, 0.2) is 5.78 Å². The molecule has 0 aliphatic carbocycles. The third-order valence-electron chi connectivity index (χ3n) is 7.29. The highest BCUT2D eigenvalue weighted by Gasteiger charge is 2.18. The molecule has 210 valence electrons. The number of nitriles is 1. The number of nitrogens with zero attached hydrogens (tertiary/aromatic N) is 1. The smallest absolute Gasteiger partial charge is 0.163 e. The number of ether oxygens (including phenoxy) is 3. The van der Waals surface area contributed by atoms with Gasteiger partial charge in [0.1, 0.15) is 23.7 Å². The van der Waals surface area contributed by atoms with E-state index in [1.54, 1.807) is 13.2 Å². The molecule has 0 bridgehead atoms. The molecule has 5 nitrogen and oxygen atoms in total. The Hall–Kier alpha value is -3.88. The van der Waals surface area contributed by atoms with E-state index < -0.39 is 0 Å². The average molecular weight is 540 g/mol. The van der Waals surface area contributed by atoms with Gasteiger partial charge in [0.25, 0.3) is 0 Å². The molecule has 0 N–H and O–H groups in total. The molecule has 5 heteroatoms. The molecule has 1 heterocycles. The van der Waals surface area contributed by atoms with Crippen LogP contribution >= 0.6 is 0 Å². The summed E-state index contributed by atoms with van der Waals surface area (Å²) in [6, 6.07) is 13.8. The van der Waals surface area contributed by atoms with Gasteiger partial charge in [0.2, 0.25) is 0 Å². The second kappa shape index (κ2) is 15.1. The largest absolute Gasteiger partial charge is 0.496 e. The van der Waals surface area contributed by atoms with Gasteiger partial charge in [-0.3, -0.25) is 4.79 Å². The first-order chi connectivity index (χ1) is 19.3. The lowest BCUT2D eigenvalue weighted by Crippen LogP contribution is -2.26. The normalized spacial score (nSPS) is 15.2. The predicted molar refractivity (Wildman–Crippen MR) is 163 cm³/mol. The fourth-order valence-corrected chi connectivity index (χ4v) is 4.81. The number of unbranched alkanes of at least 4 members (excludes halogenated alkanes) is 1. The first-order valence-corrected chi connectivity index (χ1v) is 14.0. The van der Waals surface area contributed by atoms with Crippen LogP contribution in [0.4, 0.5) is 0 Å². The van der Waals surface area contributed by atoms with Gasteiger partial charge in [0, 0.05) is 30.4 Å². The molecule has 2 aromatic rings.